The van der Waals surface area contributed by atoms with Crippen molar-refractivity contribution in [1.82, 2.24) is 0 Å². The number of hydrogen-bond acceptors (Lipinski definition) is 2. The minimum absolute atomic E-state index is 0.0621. The highest BCUT2D eigenvalue weighted by Gasteiger charge is 2.04. The molecule has 3 N–H and O–H groups in total. The molecule has 1 rings (SSSR count). The van der Waals surface area contributed by atoms with Crippen LogP contribution in [-0.2, 0) is 0 Å². The van der Waals surface area contributed by atoms with Gasteiger partial charge in [-0.3, -0.25) is 0 Å². The molecule has 0 saturated heterocycles. The topological polar surface area (TPSA) is 46.2 Å². The second kappa shape index (κ2) is 5.00. The van der Waals surface area contributed by atoms with Gasteiger partial charge in [-0.15, -0.1) is 0 Å². The van der Waals surface area contributed by atoms with Crippen LogP contribution in [-0.4, -0.2) is 11.7 Å². The summed E-state index contributed by atoms with van der Waals surface area (Å²) in [7, 11) is 0. The molecular formula is C11H17NO. The average Bonchev–Trinajstić information content (AvgIpc) is 2.14. The molecule has 0 bridgehead atoms. The highest BCUT2D eigenvalue weighted by Crippen LogP contribution is 2.16. The van der Waals surface area contributed by atoms with Crippen LogP contribution in [0.1, 0.15) is 30.0 Å². The molecule has 0 heterocycles. The predicted octanol–water partition coefficient (Wildman–Crippen LogP) is 1.77. The lowest BCUT2D eigenvalue weighted by Gasteiger charge is -2.11. The zero-order valence-corrected chi connectivity index (χ0v) is 8.03. The normalized spacial score (nSPS) is 12.8. The maximum atomic E-state index is 8.66. The molecule has 0 aliphatic rings. The molecule has 0 spiro atoms. The fourth-order valence-corrected chi connectivity index (χ4v) is 1.38. The van der Waals surface area contributed by atoms with Gasteiger partial charge in [-0.25, -0.2) is 0 Å². The molecule has 2 heteroatoms. The van der Waals surface area contributed by atoms with Crippen molar-refractivity contribution in [2.45, 2.75) is 25.8 Å². The molecule has 0 aliphatic heterocycles. The van der Waals surface area contributed by atoms with E-state index in [-0.39, 0.29) is 12.6 Å². The Balaban J connectivity index is 2.60. The van der Waals surface area contributed by atoms with Crippen molar-refractivity contribution in [2.75, 3.05) is 6.61 Å². The lowest BCUT2D eigenvalue weighted by atomic mass is 10.0. The molecule has 13 heavy (non-hydrogen) atoms. The van der Waals surface area contributed by atoms with E-state index in [2.05, 4.69) is 19.1 Å². The number of aliphatic hydroxyl groups is 1. The SMILES string of the molecule is Cc1cccc([C@H](N)CCCO)c1. The van der Waals surface area contributed by atoms with Crippen molar-refractivity contribution < 1.29 is 5.11 Å². The molecule has 0 fully saturated rings. The maximum absolute atomic E-state index is 8.66. The highest BCUT2D eigenvalue weighted by atomic mass is 16.2. The first-order valence-corrected chi connectivity index (χ1v) is 4.67. The molecule has 1 atom stereocenters. The van der Waals surface area contributed by atoms with Gasteiger partial charge in [0.1, 0.15) is 0 Å². The zero-order chi connectivity index (χ0) is 9.68. The van der Waals surface area contributed by atoms with Crippen molar-refractivity contribution in [1.29, 1.82) is 0 Å². The number of aryl methyl sites for hydroxylation is 1. The quantitative estimate of drug-likeness (QED) is 0.740. The van der Waals surface area contributed by atoms with Crippen LogP contribution in [0.3, 0.4) is 0 Å². The van der Waals surface area contributed by atoms with Gasteiger partial charge in [-0.05, 0) is 25.3 Å². The highest BCUT2D eigenvalue weighted by molar-refractivity contribution is 5.24. The summed E-state index contributed by atoms with van der Waals surface area (Å²) in [4.78, 5) is 0. The van der Waals surface area contributed by atoms with Crippen LogP contribution in [0.2, 0.25) is 0 Å². The monoisotopic (exact) mass is 179 g/mol. The van der Waals surface area contributed by atoms with Gasteiger partial charge in [-0.1, -0.05) is 29.8 Å². The Morgan fingerprint density at radius 2 is 2.23 bits per heavy atom. The van der Waals surface area contributed by atoms with E-state index in [1.807, 2.05) is 12.1 Å². The van der Waals surface area contributed by atoms with Crippen LogP contribution in [0.25, 0.3) is 0 Å². The summed E-state index contributed by atoms with van der Waals surface area (Å²) in [6, 6.07) is 8.27. The molecule has 0 aromatic heterocycles. The van der Waals surface area contributed by atoms with Crippen molar-refractivity contribution in [3.63, 3.8) is 0 Å². The van der Waals surface area contributed by atoms with Crippen LogP contribution >= 0.6 is 0 Å². The molecule has 0 aliphatic carbocycles. The van der Waals surface area contributed by atoms with Gasteiger partial charge in [0, 0.05) is 12.6 Å². The van der Waals surface area contributed by atoms with E-state index in [0.29, 0.717) is 0 Å². The number of aliphatic hydroxyl groups excluding tert-OH is 1. The summed E-state index contributed by atoms with van der Waals surface area (Å²) in [5.41, 5.74) is 8.33. The van der Waals surface area contributed by atoms with Crippen molar-refractivity contribution >= 4 is 0 Å². The Hall–Kier alpha value is -0.860. The van der Waals surface area contributed by atoms with Crippen LogP contribution in [0.5, 0.6) is 0 Å². The van der Waals surface area contributed by atoms with E-state index in [4.69, 9.17) is 10.8 Å². The Bertz CT molecular complexity index is 260. The van der Waals surface area contributed by atoms with E-state index in [9.17, 15) is 0 Å². The second-order valence-corrected chi connectivity index (χ2v) is 3.39. The van der Waals surface area contributed by atoms with Gasteiger partial charge in [0.15, 0.2) is 0 Å². The molecule has 1 aromatic rings. The molecule has 1 aromatic carbocycles. The van der Waals surface area contributed by atoms with Gasteiger partial charge < -0.3 is 10.8 Å². The average molecular weight is 179 g/mol. The summed E-state index contributed by atoms with van der Waals surface area (Å²) in [5.74, 6) is 0. The summed E-state index contributed by atoms with van der Waals surface area (Å²) in [6.07, 6.45) is 1.62. The first kappa shape index (κ1) is 10.2. The lowest BCUT2D eigenvalue weighted by Crippen LogP contribution is -2.10. The Morgan fingerprint density at radius 1 is 1.46 bits per heavy atom. The minimum atomic E-state index is 0.0621. The Labute approximate surface area is 79.4 Å². The molecule has 0 unspecified atom stereocenters. The van der Waals surface area contributed by atoms with Crippen molar-refractivity contribution in [3.8, 4) is 0 Å². The molecule has 0 amide bonds. The third kappa shape index (κ3) is 3.17. The van der Waals surface area contributed by atoms with E-state index in [0.717, 1.165) is 18.4 Å². The van der Waals surface area contributed by atoms with Crippen molar-refractivity contribution in [2.24, 2.45) is 5.73 Å². The van der Waals surface area contributed by atoms with Crippen LogP contribution < -0.4 is 5.73 Å². The number of hydrogen-bond donors (Lipinski definition) is 2. The fourth-order valence-electron chi connectivity index (χ4n) is 1.38. The summed E-state index contributed by atoms with van der Waals surface area (Å²) < 4.78 is 0. The van der Waals surface area contributed by atoms with Crippen LogP contribution in [0, 0.1) is 6.92 Å². The largest absolute Gasteiger partial charge is 0.396 e. The molecule has 2 nitrogen and oxygen atoms in total. The molecular weight excluding hydrogens is 162 g/mol. The number of nitrogens with two attached hydrogens (primary N) is 1. The minimum Gasteiger partial charge on any atom is -0.396 e. The van der Waals surface area contributed by atoms with E-state index in [1.165, 1.54) is 5.56 Å². The number of benzene rings is 1. The van der Waals surface area contributed by atoms with Gasteiger partial charge in [-0.2, -0.15) is 0 Å². The Morgan fingerprint density at radius 3 is 2.85 bits per heavy atom. The summed E-state index contributed by atoms with van der Waals surface area (Å²) in [5, 5.41) is 8.66. The third-order valence-corrected chi connectivity index (χ3v) is 2.14. The molecule has 72 valence electrons. The van der Waals surface area contributed by atoms with Gasteiger partial charge in [0.25, 0.3) is 0 Å². The van der Waals surface area contributed by atoms with Gasteiger partial charge in [0.2, 0.25) is 0 Å². The predicted molar refractivity (Wildman–Crippen MR) is 54.4 cm³/mol. The fraction of sp³-hybridized carbons (Fsp3) is 0.455. The van der Waals surface area contributed by atoms with Crippen molar-refractivity contribution in [3.05, 3.63) is 35.4 Å². The number of rotatable bonds is 4. The van der Waals surface area contributed by atoms with Crippen LogP contribution in [0.15, 0.2) is 24.3 Å². The first-order chi connectivity index (χ1) is 6.24. The molecule has 0 radical (unpaired) electrons. The van der Waals surface area contributed by atoms with Gasteiger partial charge >= 0.3 is 0 Å². The zero-order valence-electron chi connectivity index (χ0n) is 8.03. The first-order valence-electron chi connectivity index (χ1n) is 4.67. The van der Waals surface area contributed by atoms with Gasteiger partial charge in [0.05, 0.1) is 0 Å². The summed E-state index contributed by atoms with van der Waals surface area (Å²) >= 11 is 0. The molecule has 0 saturated carbocycles. The van der Waals surface area contributed by atoms with E-state index in [1.54, 1.807) is 0 Å². The third-order valence-electron chi connectivity index (χ3n) is 2.14. The lowest BCUT2D eigenvalue weighted by molar-refractivity contribution is 0.280. The van der Waals surface area contributed by atoms with E-state index >= 15 is 0 Å². The standard InChI is InChI=1S/C11H17NO/c1-9-4-2-5-10(8-9)11(12)6-3-7-13/h2,4-5,8,11,13H,3,6-7,12H2,1H3/t11-/m1/s1. The maximum Gasteiger partial charge on any atom is 0.0431 e. The van der Waals surface area contributed by atoms with Crippen LogP contribution in [0.4, 0.5) is 0 Å². The smallest absolute Gasteiger partial charge is 0.0431 e. The second-order valence-electron chi connectivity index (χ2n) is 3.39. The Kier molecular flexibility index (Phi) is 3.93. The summed E-state index contributed by atoms with van der Waals surface area (Å²) in [6.45, 7) is 2.28. The van der Waals surface area contributed by atoms with E-state index < -0.39 is 0 Å².